The Bertz CT molecular complexity index is 840. The second kappa shape index (κ2) is 9.43. The van der Waals surface area contributed by atoms with Gasteiger partial charge in [0.15, 0.2) is 11.5 Å². The number of methoxy groups -OCH3 is 1. The Labute approximate surface area is 158 Å². The summed E-state index contributed by atoms with van der Waals surface area (Å²) in [6, 6.07) is 10.4. The van der Waals surface area contributed by atoms with E-state index in [2.05, 4.69) is 5.32 Å². The van der Waals surface area contributed by atoms with E-state index in [1.807, 2.05) is 12.1 Å². The van der Waals surface area contributed by atoms with E-state index in [0.717, 1.165) is 16.7 Å². The quantitative estimate of drug-likeness (QED) is 0.445. The number of aryl methyl sites for hydroxylation is 1. The molecule has 0 aliphatic carbocycles. The number of esters is 1. The third-order valence-corrected chi connectivity index (χ3v) is 3.80. The predicted molar refractivity (Wildman–Crippen MR) is 103 cm³/mol. The van der Waals surface area contributed by atoms with Crippen LogP contribution in [0, 0.1) is 6.92 Å². The fourth-order valence-electron chi connectivity index (χ4n) is 2.51. The molecule has 0 bridgehead atoms. The number of amides is 1. The minimum Gasteiger partial charge on any atom is -0.508 e. The van der Waals surface area contributed by atoms with Gasteiger partial charge in [0.1, 0.15) is 5.75 Å². The van der Waals surface area contributed by atoms with Crippen molar-refractivity contribution < 1.29 is 24.2 Å². The molecule has 2 aromatic rings. The molecule has 2 N–H and O–H groups in total. The first kappa shape index (κ1) is 20.0. The SMILES string of the molecule is COc1cc(/C=C/C(=O)NCCc2ccc(O)cc2)cc(C)c1OC(C)=O. The summed E-state index contributed by atoms with van der Waals surface area (Å²) in [7, 11) is 1.49. The van der Waals surface area contributed by atoms with E-state index in [4.69, 9.17) is 9.47 Å². The van der Waals surface area contributed by atoms with E-state index in [1.165, 1.54) is 20.1 Å². The summed E-state index contributed by atoms with van der Waals surface area (Å²) in [6.07, 6.45) is 3.78. The number of ether oxygens (including phenoxy) is 2. The maximum Gasteiger partial charge on any atom is 0.308 e. The highest BCUT2D eigenvalue weighted by atomic mass is 16.6. The van der Waals surface area contributed by atoms with Crippen LogP contribution in [0.2, 0.25) is 0 Å². The molecule has 0 saturated carbocycles. The zero-order valence-electron chi connectivity index (χ0n) is 15.6. The van der Waals surface area contributed by atoms with E-state index in [-0.39, 0.29) is 11.7 Å². The summed E-state index contributed by atoms with van der Waals surface area (Å²) in [5, 5.41) is 12.1. The van der Waals surface area contributed by atoms with Gasteiger partial charge in [-0.1, -0.05) is 12.1 Å². The summed E-state index contributed by atoms with van der Waals surface area (Å²) in [5.74, 6) is 0.386. The van der Waals surface area contributed by atoms with Gasteiger partial charge in [0, 0.05) is 19.5 Å². The molecule has 0 aromatic heterocycles. The lowest BCUT2D eigenvalue weighted by atomic mass is 10.1. The van der Waals surface area contributed by atoms with Crippen LogP contribution in [0.15, 0.2) is 42.5 Å². The Balaban J connectivity index is 1.95. The zero-order valence-corrected chi connectivity index (χ0v) is 15.6. The van der Waals surface area contributed by atoms with Gasteiger partial charge in [-0.2, -0.15) is 0 Å². The predicted octanol–water partition coefficient (Wildman–Crippen LogP) is 3.01. The number of carbonyl (C=O) groups excluding carboxylic acids is 2. The largest absolute Gasteiger partial charge is 0.508 e. The molecule has 142 valence electrons. The molecule has 2 aromatic carbocycles. The summed E-state index contributed by atoms with van der Waals surface area (Å²) in [4.78, 5) is 23.2. The van der Waals surface area contributed by atoms with E-state index < -0.39 is 5.97 Å². The maximum absolute atomic E-state index is 12.0. The Morgan fingerprint density at radius 3 is 2.52 bits per heavy atom. The third-order valence-electron chi connectivity index (χ3n) is 3.80. The molecule has 0 radical (unpaired) electrons. The highest BCUT2D eigenvalue weighted by Gasteiger charge is 2.11. The molecule has 0 aliphatic rings. The standard InChI is InChI=1S/C21H23NO5/c1-14-12-17(13-19(26-3)21(14)27-15(2)23)6-9-20(25)22-11-10-16-4-7-18(24)8-5-16/h4-9,12-13,24H,10-11H2,1-3H3,(H,22,25)/b9-6+. The van der Waals surface area contributed by atoms with Crippen molar-refractivity contribution in [2.75, 3.05) is 13.7 Å². The topological polar surface area (TPSA) is 84.9 Å². The van der Waals surface area contributed by atoms with Crippen LogP contribution in [0.1, 0.15) is 23.6 Å². The van der Waals surface area contributed by atoms with Crippen molar-refractivity contribution in [3.63, 3.8) is 0 Å². The fraction of sp³-hybridized carbons (Fsp3) is 0.238. The number of rotatable bonds is 7. The van der Waals surface area contributed by atoms with E-state index in [0.29, 0.717) is 24.5 Å². The molecule has 2 rings (SSSR count). The molecule has 1 amide bonds. The summed E-state index contributed by atoms with van der Waals surface area (Å²) in [5.41, 5.74) is 2.52. The van der Waals surface area contributed by atoms with Gasteiger partial charge in [0.2, 0.25) is 5.91 Å². The second-order valence-electron chi connectivity index (χ2n) is 6.00. The Morgan fingerprint density at radius 2 is 1.89 bits per heavy atom. The first-order valence-corrected chi connectivity index (χ1v) is 8.50. The number of benzene rings is 2. The number of aromatic hydroxyl groups is 1. The lowest BCUT2D eigenvalue weighted by Gasteiger charge is -2.12. The van der Waals surface area contributed by atoms with E-state index in [9.17, 15) is 14.7 Å². The highest BCUT2D eigenvalue weighted by molar-refractivity contribution is 5.91. The lowest BCUT2D eigenvalue weighted by Crippen LogP contribution is -2.23. The average Bonchev–Trinajstić information content (AvgIpc) is 2.63. The number of hydrogen-bond acceptors (Lipinski definition) is 5. The maximum atomic E-state index is 12.0. The van der Waals surface area contributed by atoms with Gasteiger partial charge in [-0.25, -0.2) is 0 Å². The van der Waals surface area contributed by atoms with Crippen LogP contribution in [-0.4, -0.2) is 30.6 Å². The molecule has 0 fully saturated rings. The summed E-state index contributed by atoms with van der Waals surface area (Å²) in [6.45, 7) is 3.62. The van der Waals surface area contributed by atoms with Crippen molar-refractivity contribution >= 4 is 18.0 Å². The molecule has 0 atom stereocenters. The molecule has 0 saturated heterocycles. The molecule has 0 heterocycles. The van der Waals surface area contributed by atoms with Crippen molar-refractivity contribution in [2.24, 2.45) is 0 Å². The second-order valence-corrected chi connectivity index (χ2v) is 6.00. The number of carbonyl (C=O) groups is 2. The highest BCUT2D eigenvalue weighted by Crippen LogP contribution is 2.33. The lowest BCUT2D eigenvalue weighted by molar-refractivity contribution is -0.132. The van der Waals surface area contributed by atoms with Crippen LogP contribution < -0.4 is 14.8 Å². The monoisotopic (exact) mass is 369 g/mol. The minimum absolute atomic E-state index is 0.213. The Morgan fingerprint density at radius 1 is 1.19 bits per heavy atom. The van der Waals surface area contributed by atoms with Gasteiger partial charge in [-0.3, -0.25) is 9.59 Å². The van der Waals surface area contributed by atoms with Gasteiger partial charge in [-0.05, 0) is 60.4 Å². The molecule has 6 heteroatoms. The van der Waals surface area contributed by atoms with Crippen LogP contribution in [0.25, 0.3) is 6.08 Å². The minimum atomic E-state index is -0.423. The fourth-order valence-corrected chi connectivity index (χ4v) is 2.51. The molecular formula is C21H23NO5. The van der Waals surface area contributed by atoms with Crippen molar-refractivity contribution in [2.45, 2.75) is 20.3 Å². The normalized spacial score (nSPS) is 10.6. The molecule has 0 spiro atoms. The number of hydrogen-bond donors (Lipinski definition) is 2. The van der Waals surface area contributed by atoms with Gasteiger partial charge < -0.3 is 19.9 Å². The molecule has 0 unspecified atom stereocenters. The molecular weight excluding hydrogens is 346 g/mol. The first-order valence-electron chi connectivity index (χ1n) is 8.50. The number of nitrogens with one attached hydrogen (secondary N) is 1. The van der Waals surface area contributed by atoms with Gasteiger partial charge in [-0.15, -0.1) is 0 Å². The first-order chi connectivity index (χ1) is 12.9. The smallest absolute Gasteiger partial charge is 0.308 e. The van der Waals surface area contributed by atoms with Gasteiger partial charge in [0.05, 0.1) is 7.11 Å². The molecule has 6 nitrogen and oxygen atoms in total. The Kier molecular flexibility index (Phi) is 7.00. The molecule has 27 heavy (non-hydrogen) atoms. The molecule has 0 aliphatic heterocycles. The number of phenolic OH excluding ortho intramolecular Hbond substituents is 1. The zero-order chi connectivity index (χ0) is 19.8. The van der Waals surface area contributed by atoms with E-state index >= 15 is 0 Å². The number of phenols is 1. The van der Waals surface area contributed by atoms with Crippen LogP contribution in [-0.2, 0) is 16.0 Å². The van der Waals surface area contributed by atoms with Crippen molar-refractivity contribution in [3.05, 3.63) is 59.2 Å². The van der Waals surface area contributed by atoms with Crippen molar-refractivity contribution in [3.8, 4) is 17.2 Å². The van der Waals surface area contributed by atoms with Crippen LogP contribution in [0.4, 0.5) is 0 Å². The van der Waals surface area contributed by atoms with Gasteiger partial charge >= 0.3 is 5.97 Å². The van der Waals surface area contributed by atoms with Crippen LogP contribution in [0.5, 0.6) is 17.2 Å². The van der Waals surface area contributed by atoms with Crippen molar-refractivity contribution in [1.29, 1.82) is 0 Å². The summed E-state index contributed by atoms with van der Waals surface area (Å²) >= 11 is 0. The average molecular weight is 369 g/mol. The van der Waals surface area contributed by atoms with Crippen LogP contribution in [0.3, 0.4) is 0 Å². The van der Waals surface area contributed by atoms with E-state index in [1.54, 1.807) is 37.3 Å². The Hall–Kier alpha value is -3.28. The van der Waals surface area contributed by atoms with Crippen molar-refractivity contribution in [1.82, 2.24) is 5.32 Å². The van der Waals surface area contributed by atoms with Gasteiger partial charge in [0.25, 0.3) is 0 Å². The third kappa shape index (κ3) is 6.18. The summed E-state index contributed by atoms with van der Waals surface area (Å²) < 4.78 is 10.4. The van der Waals surface area contributed by atoms with Crippen LogP contribution >= 0.6 is 0 Å².